The standard InChI is InChI=1S/C26H30F2N6O/c27-26(28)7-5-20(6-8-26)34-24(35)4-2-21(31-34)18-16-30-33(17-18)22-3-1-19(29)15-23(22)32-13-11-25(9-10-25)12-14-32/h1-4,15-17,20H,5-14,29H2. The minimum absolute atomic E-state index is 0.217. The number of hydrogen-bond donors (Lipinski definition) is 1. The van der Waals surface area contributed by atoms with Crippen molar-refractivity contribution in [3.63, 3.8) is 0 Å². The zero-order valence-corrected chi connectivity index (χ0v) is 19.7. The Labute approximate surface area is 202 Å². The molecule has 7 nitrogen and oxygen atoms in total. The monoisotopic (exact) mass is 480 g/mol. The lowest BCUT2D eigenvalue weighted by atomic mass is 9.92. The Hall–Kier alpha value is -3.23. The predicted molar refractivity (Wildman–Crippen MR) is 131 cm³/mol. The summed E-state index contributed by atoms with van der Waals surface area (Å²) in [5.74, 6) is -2.65. The summed E-state index contributed by atoms with van der Waals surface area (Å²) in [6.07, 6.45) is 8.81. The van der Waals surface area contributed by atoms with Crippen molar-refractivity contribution in [3.05, 3.63) is 53.1 Å². The Bertz CT molecular complexity index is 1290. The van der Waals surface area contributed by atoms with Crippen LogP contribution in [0.1, 0.15) is 57.4 Å². The molecule has 184 valence electrons. The van der Waals surface area contributed by atoms with Gasteiger partial charge in [0.1, 0.15) is 0 Å². The molecule has 0 radical (unpaired) electrons. The first-order valence-corrected chi connectivity index (χ1v) is 12.5. The highest BCUT2D eigenvalue weighted by Gasteiger charge is 2.44. The van der Waals surface area contributed by atoms with Gasteiger partial charge in [0.15, 0.2) is 0 Å². The molecule has 1 aliphatic heterocycles. The fourth-order valence-electron chi connectivity index (χ4n) is 5.58. The first-order chi connectivity index (χ1) is 16.8. The van der Waals surface area contributed by atoms with Gasteiger partial charge in [0.2, 0.25) is 5.92 Å². The second kappa shape index (κ2) is 8.17. The van der Waals surface area contributed by atoms with Gasteiger partial charge >= 0.3 is 0 Å². The Morgan fingerprint density at radius 1 is 0.943 bits per heavy atom. The SMILES string of the molecule is Nc1ccc(-n2cc(-c3ccc(=O)n(C4CCC(F)(F)CC4)n3)cn2)c(N2CCC3(CC2)CC3)c1. The number of anilines is 2. The third kappa shape index (κ3) is 4.32. The van der Waals surface area contributed by atoms with Crippen LogP contribution < -0.4 is 16.2 Å². The number of aromatic nitrogens is 4. The molecule has 3 heterocycles. The molecular weight excluding hydrogens is 450 g/mol. The molecule has 2 saturated carbocycles. The molecule has 1 spiro atoms. The molecule has 1 saturated heterocycles. The van der Waals surface area contributed by atoms with E-state index in [2.05, 4.69) is 15.1 Å². The van der Waals surface area contributed by atoms with Gasteiger partial charge < -0.3 is 10.6 Å². The quantitative estimate of drug-likeness (QED) is 0.542. The van der Waals surface area contributed by atoms with Gasteiger partial charge in [-0.15, -0.1) is 0 Å². The summed E-state index contributed by atoms with van der Waals surface area (Å²) in [5, 5.41) is 9.14. The average molecular weight is 481 g/mol. The van der Waals surface area contributed by atoms with Gasteiger partial charge in [0.25, 0.3) is 5.56 Å². The summed E-state index contributed by atoms with van der Waals surface area (Å²) in [5.41, 5.74) is 10.5. The minimum atomic E-state index is -2.65. The predicted octanol–water partition coefficient (Wildman–Crippen LogP) is 4.81. The molecule has 9 heteroatoms. The second-order valence-electron chi connectivity index (χ2n) is 10.5. The zero-order chi connectivity index (χ0) is 24.2. The highest BCUT2D eigenvalue weighted by atomic mass is 19.3. The molecule has 0 atom stereocenters. The van der Waals surface area contributed by atoms with Crippen LogP contribution in [0.5, 0.6) is 0 Å². The Balaban J connectivity index is 1.28. The summed E-state index contributed by atoms with van der Waals surface area (Å²) >= 11 is 0. The van der Waals surface area contributed by atoms with Crippen molar-refractivity contribution in [2.24, 2.45) is 5.41 Å². The maximum atomic E-state index is 13.6. The number of benzene rings is 1. The van der Waals surface area contributed by atoms with Crippen LogP contribution in [-0.2, 0) is 0 Å². The van der Waals surface area contributed by atoms with Gasteiger partial charge in [-0.3, -0.25) is 4.79 Å². The highest BCUT2D eigenvalue weighted by molar-refractivity contribution is 5.69. The average Bonchev–Trinajstić information content (AvgIpc) is 3.41. The minimum Gasteiger partial charge on any atom is -0.399 e. The van der Waals surface area contributed by atoms with Gasteiger partial charge in [-0.1, -0.05) is 0 Å². The van der Waals surface area contributed by atoms with E-state index in [1.165, 1.54) is 36.4 Å². The lowest BCUT2D eigenvalue weighted by Gasteiger charge is -2.35. The second-order valence-corrected chi connectivity index (χ2v) is 10.5. The number of rotatable bonds is 4. The number of halogens is 2. The first kappa shape index (κ1) is 22.2. The van der Waals surface area contributed by atoms with E-state index in [1.807, 2.05) is 29.1 Å². The lowest BCUT2D eigenvalue weighted by molar-refractivity contribution is -0.0454. The van der Waals surface area contributed by atoms with Crippen LogP contribution in [0.3, 0.4) is 0 Å². The van der Waals surface area contributed by atoms with Crippen LogP contribution in [-0.4, -0.2) is 38.6 Å². The van der Waals surface area contributed by atoms with E-state index >= 15 is 0 Å². The van der Waals surface area contributed by atoms with Gasteiger partial charge in [0.05, 0.1) is 29.3 Å². The van der Waals surface area contributed by atoms with E-state index in [4.69, 9.17) is 5.73 Å². The van der Waals surface area contributed by atoms with Gasteiger partial charge in [-0.05, 0) is 68.2 Å². The summed E-state index contributed by atoms with van der Waals surface area (Å²) < 4.78 is 30.4. The number of alkyl halides is 2. The van der Waals surface area contributed by atoms with Crippen molar-refractivity contribution in [2.45, 2.75) is 63.3 Å². The summed E-state index contributed by atoms with van der Waals surface area (Å²) in [4.78, 5) is 14.9. The molecule has 2 N–H and O–H groups in total. The van der Waals surface area contributed by atoms with E-state index in [-0.39, 0.29) is 37.3 Å². The van der Waals surface area contributed by atoms with Crippen LogP contribution in [0.2, 0.25) is 0 Å². The molecule has 0 bridgehead atoms. The molecule has 1 aromatic carbocycles. The third-order valence-corrected chi connectivity index (χ3v) is 8.10. The topological polar surface area (TPSA) is 82.0 Å². The van der Waals surface area contributed by atoms with Crippen molar-refractivity contribution >= 4 is 11.4 Å². The number of nitrogen functional groups attached to an aromatic ring is 1. The van der Waals surface area contributed by atoms with Crippen LogP contribution in [0.25, 0.3) is 16.9 Å². The number of piperidine rings is 1. The van der Waals surface area contributed by atoms with Crippen LogP contribution >= 0.6 is 0 Å². The largest absolute Gasteiger partial charge is 0.399 e. The Morgan fingerprint density at radius 3 is 2.40 bits per heavy atom. The molecule has 6 rings (SSSR count). The summed E-state index contributed by atoms with van der Waals surface area (Å²) in [6.45, 7) is 2.02. The van der Waals surface area contributed by atoms with Crippen molar-refractivity contribution < 1.29 is 8.78 Å². The molecule has 0 unspecified atom stereocenters. The molecule has 2 aromatic heterocycles. The van der Waals surface area contributed by atoms with Crippen molar-refractivity contribution in [1.82, 2.24) is 19.6 Å². The fourth-order valence-corrected chi connectivity index (χ4v) is 5.58. The molecular formula is C26H30F2N6O. The van der Waals surface area contributed by atoms with Gasteiger partial charge in [-0.25, -0.2) is 18.1 Å². The normalized spacial score (nSPS) is 21.4. The molecule has 2 aliphatic carbocycles. The van der Waals surface area contributed by atoms with Gasteiger partial charge in [-0.2, -0.15) is 10.2 Å². The van der Waals surface area contributed by atoms with Crippen molar-refractivity contribution in [2.75, 3.05) is 23.7 Å². The number of nitrogens with two attached hydrogens (primary N) is 1. The molecule has 0 amide bonds. The maximum absolute atomic E-state index is 13.6. The van der Waals surface area contributed by atoms with E-state index in [0.717, 1.165) is 35.7 Å². The number of hydrogen-bond acceptors (Lipinski definition) is 5. The molecule has 35 heavy (non-hydrogen) atoms. The highest BCUT2D eigenvalue weighted by Crippen LogP contribution is 2.54. The van der Waals surface area contributed by atoms with Gasteiger partial charge in [0, 0.05) is 49.4 Å². The van der Waals surface area contributed by atoms with E-state index in [1.54, 1.807) is 12.3 Å². The Kier molecular flexibility index (Phi) is 5.19. The lowest BCUT2D eigenvalue weighted by Crippen LogP contribution is -2.35. The first-order valence-electron chi connectivity index (χ1n) is 12.5. The van der Waals surface area contributed by atoms with Crippen LogP contribution in [0.4, 0.5) is 20.2 Å². The smallest absolute Gasteiger partial charge is 0.267 e. The third-order valence-electron chi connectivity index (χ3n) is 8.10. The summed E-state index contributed by atoms with van der Waals surface area (Å²) in [7, 11) is 0. The maximum Gasteiger partial charge on any atom is 0.267 e. The molecule has 3 aliphatic rings. The van der Waals surface area contributed by atoms with Crippen LogP contribution in [0, 0.1) is 5.41 Å². The van der Waals surface area contributed by atoms with Crippen molar-refractivity contribution in [3.8, 4) is 16.9 Å². The van der Waals surface area contributed by atoms with E-state index < -0.39 is 5.92 Å². The number of nitrogens with zero attached hydrogens (tertiary/aromatic N) is 5. The van der Waals surface area contributed by atoms with Crippen molar-refractivity contribution in [1.29, 1.82) is 0 Å². The van der Waals surface area contributed by atoms with Crippen LogP contribution in [0.15, 0.2) is 47.5 Å². The molecule has 3 fully saturated rings. The van der Waals surface area contributed by atoms with E-state index in [0.29, 0.717) is 11.1 Å². The Morgan fingerprint density at radius 2 is 1.69 bits per heavy atom. The fraction of sp³-hybridized carbons (Fsp3) is 0.500. The van der Waals surface area contributed by atoms with E-state index in [9.17, 15) is 13.6 Å². The zero-order valence-electron chi connectivity index (χ0n) is 19.7. The molecule has 3 aromatic rings. The summed E-state index contributed by atoms with van der Waals surface area (Å²) in [6, 6.07) is 8.70.